The lowest BCUT2D eigenvalue weighted by molar-refractivity contribution is 0.0519. The number of aromatic nitrogens is 1. The van der Waals surface area contributed by atoms with E-state index in [2.05, 4.69) is 4.98 Å². The first kappa shape index (κ1) is 21.3. The molecule has 1 N–H and O–H groups in total. The van der Waals surface area contributed by atoms with E-state index in [1.54, 1.807) is 34.6 Å². The number of benzene rings is 1. The average Bonchev–Trinajstić information content (AvgIpc) is 2.93. The SMILES string of the molecule is CCOC(=O)c1[nH]c(C)c(C(=O)CN(C(=O)c2cccc(F)c2)C(C)C)c1C. The number of nitrogens with zero attached hydrogens (tertiary/aromatic N) is 1. The fourth-order valence-electron chi connectivity index (χ4n) is 3.09. The smallest absolute Gasteiger partial charge is 0.355 e. The molecule has 2 rings (SSSR count). The molecule has 1 aromatic carbocycles. The molecule has 0 unspecified atom stereocenters. The fraction of sp³-hybridized carbons (Fsp3) is 0.381. The number of aryl methyl sites for hydroxylation is 1. The Morgan fingerprint density at radius 2 is 1.89 bits per heavy atom. The van der Waals surface area contributed by atoms with E-state index in [4.69, 9.17) is 4.74 Å². The summed E-state index contributed by atoms with van der Waals surface area (Å²) in [6.45, 7) is 8.66. The number of amides is 1. The van der Waals surface area contributed by atoms with Crippen molar-refractivity contribution in [3.05, 3.63) is 58.2 Å². The van der Waals surface area contributed by atoms with Crippen LogP contribution in [0, 0.1) is 19.7 Å². The van der Waals surface area contributed by atoms with Gasteiger partial charge in [0.1, 0.15) is 11.5 Å². The molecule has 0 spiro atoms. The molecular weight excluding hydrogens is 363 g/mol. The second kappa shape index (κ2) is 8.82. The predicted molar refractivity (Wildman–Crippen MR) is 103 cm³/mol. The minimum atomic E-state index is -0.529. The molecule has 1 heterocycles. The van der Waals surface area contributed by atoms with Gasteiger partial charge in [0.2, 0.25) is 0 Å². The van der Waals surface area contributed by atoms with Crippen molar-refractivity contribution in [1.29, 1.82) is 0 Å². The van der Waals surface area contributed by atoms with Crippen molar-refractivity contribution in [3.8, 4) is 0 Å². The van der Waals surface area contributed by atoms with Crippen LogP contribution in [0.2, 0.25) is 0 Å². The van der Waals surface area contributed by atoms with Crippen LogP contribution in [0.1, 0.15) is 63.2 Å². The second-order valence-corrected chi connectivity index (χ2v) is 6.81. The number of nitrogens with one attached hydrogen (secondary N) is 1. The summed E-state index contributed by atoms with van der Waals surface area (Å²) in [7, 11) is 0. The highest BCUT2D eigenvalue weighted by molar-refractivity contribution is 6.05. The highest BCUT2D eigenvalue weighted by Crippen LogP contribution is 2.21. The van der Waals surface area contributed by atoms with Crippen LogP contribution in [0.15, 0.2) is 24.3 Å². The van der Waals surface area contributed by atoms with Crippen LogP contribution in [-0.2, 0) is 4.74 Å². The quantitative estimate of drug-likeness (QED) is 0.580. The summed E-state index contributed by atoms with van der Waals surface area (Å²) in [6.07, 6.45) is 0. The van der Waals surface area contributed by atoms with Crippen LogP contribution in [0.25, 0.3) is 0 Å². The van der Waals surface area contributed by atoms with Crippen LogP contribution in [0.5, 0.6) is 0 Å². The summed E-state index contributed by atoms with van der Waals surface area (Å²) in [4.78, 5) is 42.1. The Morgan fingerprint density at radius 3 is 2.46 bits per heavy atom. The molecule has 0 fully saturated rings. The summed E-state index contributed by atoms with van der Waals surface area (Å²) in [5.41, 5.74) is 1.79. The van der Waals surface area contributed by atoms with Gasteiger partial charge in [-0.1, -0.05) is 6.07 Å². The molecule has 1 amide bonds. The Labute approximate surface area is 163 Å². The molecule has 2 aromatic rings. The van der Waals surface area contributed by atoms with E-state index < -0.39 is 17.7 Å². The first-order chi connectivity index (χ1) is 13.2. The number of hydrogen-bond acceptors (Lipinski definition) is 4. The van der Waals surface area contributed by atoms with E-state index in [0.29, 0.717) is 16.8 Å². The third-order valence-electron chi connectivity index (χ3n) is 4.47. The van der Waals surface area contributed by atoms with Crippen molar-refractivity contribution >= 4 is 17.7 Å². The number of rotatable bonds is 7. The number of H-pyrrole nitrogens is 1. The monoisotopic (exact) mass is 388 g/mol. The number of ether oxygens (including phenoxy) is 1. The van der Waals surface area contributed by atoms with Gasteiger partial charge in [0.15, 0.2) is 5.78 Å². The fourth-order valence-corrected chi connectivity index (χ4v) is 3.09. The van der Waals surface area contributed by atoms with Crippen LogP contribution in [0.4, 0.5) is 4.39 Å². The van der Waals surface area contributed by atoms with Crippen LogP contribution in [-0.4, -0.2) is 46.7 Å². The number of esters is 1. The molecule has 7 heteroatoms. The normalized spacial score (nSPS) is 10.8. The zero-order valence-electron chi connectivity index (χ0n) is 16.8. The number of carbonyl (C=O) groups is 3. The van der Waals surface area contributed by atoms with Gasteiger partial charge in [0.05, 0.1) is 13.2 Å². The lowest BCUT2D eigenvalue weighted by Crippen LogP contribution is -2.41. The summed E-state index contributed by atoms with van der Waals surface area (Å²) in [5.74, 6) is -1.78. The maximum atomic E-state index is 13.5. The Morgan fingerprint density at radius 1 is 1.21 bits per heavy atom. The minimum Gasteiger partial charge on any atom is -0.461 e. The largest absolute Gasteiger partial charge is 0.461 e. The van der Waals surface area contributed by atoms with Gasteiger partial charge in [0.25, 0.3) is 5.91 Å². The lowest BCUT2D eigenvalue weighted by atomic mass is 10.0. The highest BCUT2D eigenvalue weighted by Gasteiger charge is 2.27. The van der Waals surface area contributed by atoms with Gasteiger partial charge in [-0.2, -0.15) is 0 Å². The number of halogens is 1. The third kappa shape index (κ3) is 4.47. The van der Waals surface area contributed by atoms with E-state index in [0.717, 1.165) is 6.07 Å². The van der Waals surface area contributed by atoms with Crippen LogP contribution in [0.3, 0.4) is 0 Å². The summed E-state index contributed by atoms with van der Waals surface area (Å²) >= 11 is 0. The molecule has 28 heavy (non-hydrogen) atoms. The Bertz CT molecular complexity index is 902. The first-order valence-electron chi connectivity index (χ1n) is 9.13. The van der Waals surface area contributed by atoms with E-state index in [1.807, 2.05) is 0 Å². The zero-order valence-corrected chi connectivity index (χ0v) is 16.8. The number of Topliss-reactive ketones (excluding diaryl/α,β-unsaturated/α-hetero) is 1. The molecule has 6 nitrogen and oxygen atoms in total. The number of aromatic amines is 1. The molecule has 0 atom stereocenters. The third-order valence-corrected chi connectivity index (χ3v) is 4.47. The van der Waals surface area contributed by atoms with E-state index in [9.17, 15) is 18.8 Å². The van der Waals surface area contributed by atoms with Crippen molar-refractivity contribution in [2.24, 2.45) is 0 Å². The van der Waals surface area contributed by atoms with Crippen molar-refractivity contribution in [3.63, 3.8) is 0 Å². The van der Waals surface area contributed by atoms with Crippen molar-refractivity contribution in [2.45, 2.75) is 40.7 Å². The molecule has 0 saturated heterocycles. The lowest BCUT2D eigenvalue weighted by Gasteiger charge is -2.26. The molecular formula is C21H25FN2O4. The maximum absolute atomic E-state index is 13.5. The van der Waals surface area contributed by atoms with Crippen LogP contribution >= 0.6 is 0 Å². The predicted octanol–water partition coefficient (Wildman–Crippen LogP) is 3.68. The summed E-state index contributed by atoms with van der Waals surface area (Å²) < 4.78 is 18.5. The molecule has 0 aliphatic carbocycles. The van der Waals surface area contributed by atoms with Gasteiger partial charge in [-0.05, 0) is 58.4 Å². The molecule has 0 bridgehead atoms. The van der Waals surface area contributed by atoms with Crippen LogP contribution < -0.4 is 0 Å². The van der Waals surface area contributed by atoms with Gasteiger partial charge >= 0.3 is 5.97 Å². The Balaban J connectivity index is 2.30. The molecule has 0 aliphatic rings. The number of hydrogen-bond donors (Lipinski definition) is 1. The Hall–Kier alpha value is -2.96. The zero-order chi connectivity index (χ0) is 21.0. The maximum Gasteiger partial charge on any atom is 0.355 e. The van der Waals surface area contributed by atoms with Crippen molar-refractivity contribution < 1.29 is 23.5 Å². The summed E-state index contributed by atoms with van der Waals surface area (Å²) in [6, 6.07) is 5.09. The topological polar surface area (TPSA) is 79.5 Å². The standard InChI is InChI=1S/C21H25FN2O4/c1-6-28-21(27)19-13(4)18(14(5)23-19)17(25)11-24(12(2)3)20(26)15-8-7-9-16(22)10-15/h7-10,12,23H,6,11H2,1-5H3. The van der Waals surface area contributed by atoms with Crippen molar-refractivity contribution in [1.82, 2.24) is 9.88 Å². The van der Waals surface area contributed by atoms with E-state index in [1.165, 1.54) is 23.1 Å². The second-order valence-electron chi connectivity index (χ2n) is 6.81. The number of ketones is 1. The van der Waals surface area contributed by atoms with E-state index in [-0.39, 0.29) is 36.2 Å². The molecule has 150 valence electrons. The first-order valence-corrected chi connectivity index (χ1v) is 9.13. The number of carbonyl (C=O) groups excluding carboxylic acids is 3. The summed E-state index contributed by atoms with van der Waals surface area (Å²) in [5, 5.41) is 0. The average molecular weight is 388 g/mol. The van der Waals surface area contributed by atoms with Gasteiger partial charge in [0, 0.05) is 22.9 Å². The highest BCUT2D eigenvalue weighted by atomic mass is 19.1. The van der Waals surface area contributed by atoms with Gasteiger partial charge in [-0.3, -0.25) is 9.59 Å². The Kier molecular flexibility index (Phi) is 6.72. The van der Waals surface area contributed by atoms with Crippen molar-refractivity contribution in [2.75, 3.05) is 13.2 Å². The molecule has 1 aromatic heterocycles. The molecule has 0 radical (unpaired) electrons. The van der Waals surface area contributed by atoms with Gasteiger partial charge < -0.3 is 14.6 Å². The minimum absolute atomic E-state index is 0.177. The van der Waals surface area contributed by atoms with Gasteiger partial charge in [-0.25, -0.2) is 9.18 Å². The molecule has 0 saturated carbocycles. The molecule has 0 aliphatic heterocycles. The van der Waals surface area contributed by atoms with Gasteiger partial charge in [-0.15, -0.1) is 0 Å². The van der Waals surface area contributed by atoms with E-state index >= 15 is 0 Å².